The van der Waals surface area contributed by atoms with Crippen molar-refractivity contribution in [2.45, 2.75) is 12.8 Å². The lowest BCUT2D eigenvalue weighted by Gasteiger charge is -2.39. The third kappa shape index (κ3) is 3.67. The number of ether oxygens (including phenoxy) is 2. The minimum Gasteiger partial charge on any atom is -0.496 e. The van der Waals surface area contributed by atoms with E-state index in [0.29, 0.717) is 35.2 Å². The van der Waals surface area contributed by atoms with Gasteiger partial charge in [-0.2, -0.15) is 0 Å². The van der Waals surface area contributed by atoms with E-state index in [0.717, 1.165) is 0 Å². The molecule has 0 aliphatic carbocycles. The van der Waals surface area contributed by atoms with Gasteiger partial charge < -0.3 is 19.5 Å². The largest absolute Gasteiger partial charge is 0.496 e. The molecule has 1 saturated heterocycles. The van der Waals surface area contributed by atoms with Crippen LogP contribution in [0.4, 0.5) is 0 Å². The first-order valence-electron chi connectivity index (χ1n) is 7.28. The summed E-state index contributed by atoms with van der Waals surface area (Å²) >= 11 is 3.36. The number of carboxylic acid groups (broad SMARTS) is 1. The Hall–Kier alpha value is -1.60. The van der Waals surface area contributed by atoms with E-state index < -0.39 is 11.4 Å². The zero-order valence-electron chi connectivity index (χ0n) is 13.2. The molecule has 1 aliphatic rings. The highest BCUT2D eigenvalue weighted by Gasteiger charge is 2.44. The molecule has 1 aromatic rings. The van der Waals surface area contributed by atoms with Gasteiger partial charge in [-0.1, -0.05) is 0 Å². The summed E-state index contributed by atoms with van der Waals surface area (Å²) in [5.74, 6) is -0.470. The summed E-state index contributed by atoms with van der Waals surface area (Å²) in [7, 11) is 3.03. The Morgan fingerprint density at radius 2 is 2.13 bits per heavy atom. The van der Waals surface area contributed by atoms with Crippen LogP contribution < -0.4 is 4.74 Å². The maximum atomic E-state index is 12.7. The number of amides is 1. The summed E-state index contributed by atoms with van der Waals surface area (Å²) in [6, 6.07) is 5.08. The summed E-state index contributed by atoms with van der Waals surface area (Å²) in [5.41, 5.74) is -0.539. The topological polar surface area (TPSA) is 76.1 Å². The molecule has 0 spiro atoms. The number of hydrogen-bond donors (Lipinski definition) is 1. The molecule has 1 heterocycles. The van der Waals surface area contributed by atoms with Crippen molar-refractivity contribution in [1.29, 1.82) is 0 Å². The van der Waals surface area contributed by atoms with Gasteiger partial charge in [-0.05, 0) is 47.0 Å². The molecule has 0 radical (unpaired) electrons. The third-order valence-corrected chi connectivity index (χ3v) is 4.76. The minimum atomic E-state index is -1.04. The Morgan fingerprint density at radius 1 is 1.39 bits per heavy atom. The molecule has 1 N–H and O–H groups in total. The van der Waals surface area contributed by atoms with Gasteiger partial charge in [0.25, 0.3) is 5.91 Å². The first-order chi connectivity index (χ1) is 10.9. The normalized spacial score (nSPS) is 21.1. The van der Waals surface area contributed by atoms with Crippen LogP contribution in [0.25, 0.3) is 0 Å². The molecule has 0 aromatic heterocycles. The summed E-state index contributed by atoms with van der Waals surface area (Å²) < 4.78 is 10.9. The lowest BCUT2D eigenvalue weighted by molar-refractivity contribution is -0.155. The quantitative estimate of drug-likeness (QED) is 0.841. The van der Waals surface area contributed by atoms with Crippen molar-refractivity contribution < 1.29 is 24.2 Å². The summed E-state index contributed by atoms with van der Waals surface area (Å²) in [4.78, 5) is 26.0. The molecule has 7 heteroatoms. The van der Waals surface area contributed by atoms with Crippen LogP contribution in [0.1, 0.15) is 23.2 Å². The number of likely N-dealkylation sites (tertiary alicyclic amines) is 1. The summed E-state index contributed by atoms with van der Waals surface area (Å²) in [6.45, 7) is 0.790. The second-order valence-corrected chi connectivity index (χ2v) is 6.55. The molecule has 6 nitrogen and oxygen atoms in total. The van der Waals surface area contributed by atoms with Crippen LogP contribution in [0, 0.1) is 5.41 Å². The predicted octanol–water partition coefficient (Wildman–Crippen LogP) is 2.41. The van der Waals surface area contributed by atoms with Crippen LogP contribution in [0.3, 0.4) is 0 Å². The second-order valence-electron chi connectivity index (χ2n) is 5.70. The molecule has 1 fully saturated rings. The number of carboxylic acids is 1. The van der Waals surface area contributed by atoms with Crippen LogP contribution in [-0.4, -0.2) is 55.8 Å². The third-order valence-electron chi connectivity index (χ3n) is 4.14. The van der Waals surface area contributed by atoms with Gasteiger partial charge in [0.2, 0.25) is 0 Å². The van der Waals surface area contributed by atoms with Crippen LogP contribution in [0.5, 0.6) is 5.75 Å². The van der Waals surface area contributed by atoms with E-state index in [4.69, 9.17) is 9.47 Å². The van der Waals surface area contributed by atoms with E-state index in [1.807, 2.05) is 0 Å². The van der Waals surface area contributed by atoms with Crippen LogP contribution in [0.15, 0.2) is 22.7 Å². The molecular formula is C16H20BrNO5. The van der Waals surface area contributed by atoms with E-state index in [-0.39, 0.29) is 19.1 Å². The number of carbonyl (C=O) groups is 2. The number of methoxy groups -OCH3 is 2. The standard InChI is InChI=1S/C16H20BrNO5/c1-22-10-16(15(20)21)6-3-7-18(9-16)14(19)11-4-5-13(23-2)12(17)8-11/h4-5,8H,3,6-7,9-10H2,1-2H3,(H,20,21). The average Bonchev–Trinajstić information content (AvgIpc) is 2.54. The molecule has 1 atom stereocenters. The molecule has 0 saturated carbocycles. The fourth-order valence-electron chi connectivity index (χ4n) is 2.92. The van der Waals surface area contributed by atoms with Crippen molar-refractivity contribution in [2.24, 2.45) is 5.41 Å². The Kier molecular flexibility index (Phi) is 5.64. The van der Waals surface area contributed by atoms with E-state index in [1.54, 1.807) is 30.2 Å². The zero-order chi connectivity index (χ0) is 17.0. The van der Waals surface area contributed by atoms with Crippen molar-refractivity contribution in [3.8, 4) is 5.75 Å². The molecule has 1 amide bonds. The fourth-order valence-corrected chi connectivity index (χ4v) is 3.46. The number of hydrogen-bond acceptors (Lipinski definition) is 4. The van der Waals surface area contributed by atoms with E-state index >= 15 is 0 Å². The molecular weight excluding hydrogens is 366 g/mol. The van der Waals surface area contributed by atoms with Crippen molar-refractivity contribution in [3.05, 3.63) is 28.2 Å². The number of nitrogens with zero attached hydrogens (tertiary/aromatic N) is 1. The number of halogens is 1. The highest BCUT2D eigenvalue weighted by atomic mass is 79.9. The maximum absolute atomic E-state index is 12.7. The van der Waals surface area contributed by atoms with Gasteiger partial charge in [-0.15, -0.1) is 0 Å². The molecule has 0 bridgehead atoms. The Bertz CT molecular complexity index is 602. The number of rotatable bonds is 5. The monoisotopic (exact) mass is 385 g/mol. The van der Waals surface area contributed by atoms with E-state index in [1.165, 1.54) is 7.11 Å². The molecule has 1 unspecified atom stereocenters. The first kappa shape index (κ1) is 17.7. The van der Waals surface area contributed by atoms with Crippen LogP contribution >= 0.6 is 15.9 Å². The van der Waals surface area contributed by atoms with Crippen molar-refractivity contribution >= 4 is 27.8 Å². The average molecular weight is 386 g/mol. The van der Waals surface area contributed by atoms with Gasteiger partial charge in [0.05, 0.1) is 18.2 Å². The predicted molar refractivity (Wildman–Crippen MR) is 87.8 cm³/mol. The highest BCUT2D eigenvalue weighted by molar-refractivity contribution is 9.10. The molecule has 126 valence electrons. The summed E-state index contributed by atoms with van der Waals surface area (Å²) in [5, 5.41) is 9.56. The lowest BCUT2D eigenvalue weighted by atomic mass is 9.80. The SMILES string of the molecule is COCC1(C(=O)O)CCCN(C(=O)c2ccc(OC)c(Br)c2)C1. The minimum absolute atomic E-state index is 0.0957. The molecule has 1 aromatic carbocycles. The highest BCUT2D eigenvalue weighted by Crippen LogP contribution is 2.32. The maximum Gasteiger partial charge on any atom is 0.313 e. The Balaban J connectivity index is 2.22. The van der Waals surface area contributed by atoms with Gasteiger partial charge in [0, 0.05) is 25.8 Å². The molecule has 23 heavy (non-hydrogen) atoms. The van der Waals surface area contributed by atoms with Gasteiger partial charge in [-0.25, -0.2) is 0 Å². The Labute approximate surface area is 143 Å². The smallest absolute Gasteiger partial charge is 0.313 e. The fraction of sp³-hybridized carbons (Fsp3) is 0.500. The number of benzene rings is 1. The van der Waals surface area contributed by atoms with Gasteiger partial charge >= 0.3 is 5.97 Å². The van der Waals surface area contributed by atoms with E-state index in [2.05, 4.69) is 15.9 Å². The number of carbonyl (C=O) groups excluding carboxylic acids is 1. The second kappa shape index (κ2) is 7.31. The number of aliphatic carboxylic acids is 1. The van der Waals surface area contributed by atoms with Crippen molar-refractivity contribution in [2.75, 3.05) is 33.9 Å². The zero-order valence-corrected chi connectivity index (χ0v) is 14.8. The van der Waals surface area contributed by atoms with Crippen molar-refractivity contribution in [3.63, 3.8) is 0 Å². The van der Waals surface area contributed by atoms with E-state index in [9.17, 15) is 14.7 Å². The lowest BCUT2D eigenvalue weighted by Crippen LogP contribution is -2.52. The Morgan fingerprint density at radius 3 is 2.70 bits per heavy atom. The van der Waals surface area contributed by atoms with Crippen LogP contribution in [-0.2, 0) is 9.53 Å². The van der Waals surface area contributed by atoms with Crippen LogP contribution in [0.2, 0.25) is 0 Å². The molecule has 2 rings (SSSR count). The summed E-state index contributed by atoms with van der Waals surface area (Å²) in [6.07, 6.45) is 1.14. The van der Waals surface area contributed by atoms with Gasteiger partial charge in [0.1, 0.15) is 11.2 Å². The number of piperidine rings is 1. The van der Waals surface area contributed by atoms with Crippen molar-refractivity contribution in [1.82, 2.24) is 4.90 Å². The van der Waals surface area contributed by atoms with Gasteiger partial charge in [0.15, 0.2) is 0 Å². The molecule has 1 aliphatic heterocycles. The first-order valence-corrected chi connectivity index (χ1v) is 8.08. The van der Waals surface area contributed by atoms with Gasteiger partial charge in [-0.3, -0.25) is 9.59 Å².